The van der Waals surface area contributed by atoms with Crippen molar-refractivity contribution in [2.24, 2.45) is 5.92 Å². The van der Waals surface area contributed by atoms with Gasteiger partial charge in [0.15, 0.2) is 0 Å². The Bertz CT molecular complexity index is 487. The fraction of sp³-hybridized carbons (Fsp3) is 0.562. The molecule has 1 heterocycles. The number of carbonyl (C=O) groups excluding carboxylic acids is 1. The first-order valence-corrected chi connectivity index (χ1v) is 7.75. The smallest absolute Gasteiger partial charge is 0.225 e. The van der Waals surface area contributed by atoms with Crippen LogP contribution in [0.5, 0.6) is 0 Å². The topological polar surface area (TPSA) is 29.5 Å². The lowest BCUT2D eigenvalue weighted by molar-refractivity contribution is -0.145. The van der Waals surface area contributed by atoms with E-state index in [1.54, 1.807) is 0 Å². The predicted octanol–water partition coefficient (Wildman–Crippen LogP) is 2.91. The third-order valence-electron chi connectivity index (χ3n) is 4.31. The molecule has 0 bridgehead atoms. The average molecular weight is 294 g/mol. The van der Waals surface area contributed by atoms with Crippen LogP contribution < -0.4 is 0 Å². The molecule has 0 spiro atoms. The molecule has 1 aliphatic heterocycles. The molecule has 1 saturated carbocycles. The van der Waals surface area contributed by atoms with Crippen LogP contribution in [0.25, 0.3) is 0 Å². The van der Waals surface area contributed by atoms with Crippen LogP contribution in [0.1, 0.15) is 24.8 Å². The van der Waals surface area contributed by atoms with E-state index in [-0.39, 0.29) is 12.0 Å². The van der Waals surface area contributed by atoms with Crippen molar-refractivity contribution >= 4 is 17.5 Å². The normalized spacial score (nSPS) is 23.4. The van der Waals surface area contributed by atoms with Crippen LogP contribution >= 0.6 is 11.6 Å². The highest BCUT2D eigenvalue weighted by Gasteiger charge is 2.32. The lowest BCUT2D eigenvalue weighted by Gasteiger charge is -2.37. The molecule has 1 aromatic carbocycles. The van der Waals surface area contributed by atoms with Gasteiger partial charge >= 0.3 is 0 Å². The monoisotopic (exact) mass is 293 g/mol. The molecule has 1 aromatic rings. The summed E-state index contributed by atoms with van der Waals surface area (Å²) in [5, 5.41) is 0.776. The number of carbonyl (C=O) groups is 1. The Morgan fingerprint density at radius 2 is 2.15 bits per heavy atom. The van der Waals surface area contributed by atoms with Gasteiger partial charge in [-0.25, -0.2) is 0 Å². The van der Waals surface area contributed by atoms with E-state index < -0.39 is 0 Å². The lowest BCUT2D eigenvalue weighted by Crippen LogP contribution is -2.49. The molecule has 1 atom stereocenters. The number of halogens is 1. The van der Waals surface area contributed by atoms with Gasteiger partial charge in [-0.3, -0.25) is 4.79 Å². The van der Waals surface area contributed by atoms with E-state index in [0.717, 1.165) is 36.4 Å². The predicted molar refractivity (Wildman–Crippen MR) is 78.8 cm³/mol. The molecule has 2 aliphatic rings. The zero-order valence-corrected chi connectivity index (χ0v) is 12.3. The first kappa shape index (κ1) is 13.9. The molecule has 3 nitrogen and oxygen atoms in total. The minimum absolute atomic E-state index is 0.0627. The lowest BCUT2D eigenvalue weighted by atomic mass is 9.84. The number of hydrogen-bond acceptors (Lipinski definition) is 2. The van der Waals surface area contributed by atoms with Gasteiger partial charge in [-0.1, -0.05) is 36.2 Å². The standard InChI is InChI=1S/C16H20ClNO2/c17-15-7-2-1-4-13(15)10-14-11-18(8-9-20-14)16(19)12-5-3-6-12/h1-2,4,7,12,14H,3,5-6,8-11H2. The second kappa shape index (κ2) is 6.15. The van der Waals surface area contributed by atoms with Crippen LogP contribution in [-0.2, 0) is 16.0 Å². The van der Waals surface area contributed by atoms with Crippen LogP contribution in [-0.4, -0.2) is 36.6 Å². The largest absolute Gasteiger partial charge is 0.374 e. The average Bonchev–Trinajstić information content (AvgIpc) is 2.40. The van der Waals surface area contributed by atoms with E-state index in [1.165, 1.54) is 6.42 Å². The molecule has 1 aliphatic carbocycles. The molecule has 108 valence electrons. The quantitative estimate of drug-likeness (QED) is 0.857. The van der Waals surface area contributed by atoms with Gasteiger partial charge in [-0.05, 0) is 24.5 Å². The van der Waals surface area contributed by atoms with Crippen LogP contribution in [0.2, 0.25) is 5.02 Å². The first-order chi connectivity index (χ1) is 9.74. The molecule has 1 amide bonds. The van der Waals surface area contributed by atoms with Crippen molar-refractivity contribution in [3.8, 4) is 0 Å². The van der Waals surface area contributed by atoms with E-state index in [4.69, 9.17) is 16.3 Å². The summed E-state index contributed by atoms with van der Waals surface area (Å²) in [6.07, 6.45) is 4.15. The van der Waals surface area contributed by atoms with Crippen molar-refractivity contribution in [2.45, 2.75) is 31.8 Å². The third-order valence-corrected chi connectivity index (χ3v) is 4.68. The molecule has 20 heavy (non-hydrogen) atoms. The first-order valence-electron chi connectivity index (χ1n) is 7.38. The van der Waals surface area contributed by atoms with E-state index >= 15 is 0 Å². The minimum atomic E-state index is 0.0627. The summed E-state index contributed by atoms with van der Waals surface area (Å²) < 4.78 is 5.80. The molecule has 0 N–H and O–H groups in total. The number of ether oxygens (including phenoxy) is 1. The highest BCUT2D eigenvalue weighted by molar-refractivity contribution is 6.31. The molecule has 1 unspecified atom stereocenters. The summed E-state index contributed by atoms with van der Waals surface area (Å²) in [4.78, 5) is 14.3. The van der Waals surface area contributed by atoms with Crippen molar-refractivity contribution in [3.63, 3.8) is 0 Å². The van der Waals surface area contributed by atoms with Gasteiger partial charge in [-0.15, -0.1) is 0 Å². The van der Waals surface area contributed by atoms with Crippen molar-refractivity contribution in [3.05, 3.63) is 34.9 Å². The third kappa shape index (κ3) is 2.99. The van der Waals surface area contributed by atoms with Crippen LogP contribution in [0, 0.1) is 5.92 Å². The van der Waals surface area contributed by atoms with E-state index in [0.29, 0.717) is 19.1 Å². The Labute approximate surface area is 124 Å². The van der Waals surface area contributed by atoms with Crippen molar-refractivity contribution in [1.82, 2.24) is 4.90 Å². The zero-order chi connectivity index (χ0) is 13.9. The Balaban J connectivity index is 1.60. The molecular weight excluding hydrogens is 274 g/mol. The summed E-state index contributed by atoms with van der Waals surface area (Å²) in [7, 11) is 0. The van der Waals surface area contributed by atoms with Crippen molar-refractivity contribution in [1.29, 1.82) is 0 Å². The summed E-state index contributed by atoms with van der Waals surface area (Å²) in [6, 6.07) is 7.84. The summed E-state index contributed by atoms with van der Waals surface area (Å²) >= 11 is 6.19. The molecule has 2 fully saturated rings. The Hall–Kier alpha value is -1.06. The van der Waals surface area contributed by atoms with E-state index in [1.807, 2.05) is 29.2 Å². The highest BCUT2D eigenvalue weighted by atomic mass is 35.5. The Kier molecular flexibility index (Phi) is 4.27. The maximum atomic E-state index is 12.3. The molecule has 4 heteroatoms. The van der Waals surface area contributed by atoms with Gasteiger partial charge in [-0.2, -0.15) is 0 Å². The van der Waals surface area contributed by atoms with E-state index in [9.17, 15) is 4.79 Å². The number of hydrogen-bond donors (Lipinski definition) is 0. The SMILES string of the molecule is O=C(C1CCC1)N1CCOC(Cc2ccccc2Cl)C1. The highest BCUT2D eigenvalue weighted by Crippen LogP contribution is 2.29. The maximum absolute atomic E-state index is 12.3. The number of rotatable bonds is 3. The van der Waals surface area contributed by atoms with Gasteiger partial charge in [0, 0.05) is 30.5 Å². The van der Waals surface area contributed by atoms with Gasteiger partial charge in [0.1, 0.15) is 0 Å². The fourth-order valence-corrected chi connectivity index (χ4v) is 3.08. The number of nitrogens with zero attached hydrogens (tertiary/aromatic N) is 1. The maximum Gasteiger partial charge on any atom is 0.225 e. The van der Waals surface area contributed by atoms with Crippen molar-refractivity contribution in [2.75, 3.05) is 19.7 Å². The molecule has 3 rings (SSSR count). The molecule has 0 radical (unpaired) electrons. The van der Waals surface area contributed by atoms with Gasteiger partial charge in [0.2, 0.25) is 5.91 Å². The van der Waals surface area contributed by atoms with Crippen LogP contribution in [0.3, 0.4) is 0 Å². The van der Waals surface area contributed by atoms with Gasteiger partial charge in [0.05, 0.1) is 12.7 Å². The Morgan fingerprint density at radius 3 is 2.85 bits per heavy atom. The summed E-state index contributed by atoms with van der Waals surface area (Å²) in [5.74, 6) is 0.595. The van der Waals surface area contributed by atoms with Crippen molar-refractivity contribution < 1.29 is 9.53 Å². The van der Waals surface area contributed by atoms with Gasteiger partial charge in [0.25, 0.3) is 0 Å². The van der Waals surface area contributed by atoms with Gasteiger partial charge < -0.3 is 9.64 Å². The zero-order valence-electron chi connectivity index (χ0n) is 11.6. The fourth-order valence-electron chi connectivity index (χ4n) is 2.87. The Morgan fingerprint density at radius 1 is 1.35 bits per heavy atom. The van der Waals surface area contributed by atoms with Crippen LogP contribution in [0.15, 0.2) is 24.3 Å². The summed E-state index contributed by atoms with van der Waals surface area (Å²) in [5.41, 5.74) is 1.09. The number of amides is 1. The van der Waals surface area contributed by atoms with E-state index in [2.05, 4.69) is 0 Å². The summed E-state index contributed by atoms with van der Waals surface area (Å²) in [6.45, 7) is 2.06. The second-order valence-corrected chi connectivity index (χ2v) is 6.11. The van der Waals surface area contributed by atoms with Crippen LogP contribution in [0.4, 0.5) is 0 Å². The second-order valence-electron chi connectivity index (χ2n) is 5.70. The minimum Gasteiger partial charge on any atom is -0.374 e. The molecule has 1 saturated heterocycles. The molecule has 0 aromatic heterocycles. The number of benzene rings is 1. The number of morpholine rings is 1. The molecular formula is C16H20ClNO2.